The molecule has 1 N–H and O–H groups in total. The van der Waals surface area contributed by atoms with Crippen molar-refractivity contribution in [3.8, 4) is 5.75 Å². The molecule has 0 amide bonds. The number of nitrogens with zero attached hydrogens (tertiary/aromatic N) is 1. The third kappa shape index (κ3) is 3.57. The van der Waals surface area contributed by atoms with E-state index in [-0.39, 0.29) is 13.2 Å². The number of carbonyl (C=O) groups excluding carboxylic acids is 1. The van der Waals surface area contributed by atoms with Crippen molar-refractivity contribution in [3.05, 3.63) is 58.3 Å². The van der Waals surface area contributed by atoms with Crippen molar-refractivity contribution in [2.24, 2.45) is 0 Å². The van der Waals surface area contributed by atoms with Gasteiger partial charge in [0.25, 0.3) is 0 Å². The van der Waals surface area contributed by atoms with Gasteiger partial charge >= 0.3 is 5.97 Å². The lowest BCUT2D eigenvalue weighted by Crippen LogP contribution is -2.12. The maximum atomic E-state index is 12.1. The Bertz CT molecular complexity index is 848. The topological polar surface area (TPSA) is 64.2 Å². The number of carbonyl (C=O) groups is 1. The number of aromatic amines is 1. The van der Waals surface area contributed by atoms with Crippen LogP contribution in [0.1, 0.15) is 10.4 Å². The third-order valence-corrected chi connectivity index (χ3v) is 3.68. The van der Waals surface area contributed by atoms with Crippen LogP contribution in [0, 0.1) is 0 Å². The third-order valence-electron chi connectivity index (χ3n) is 3.15. The molecule has 0 saturated heterocycles. The van der Waals surface area contributed by atoms with E-state index < -0.39 is 5.97 Å². The van der Waals surface area contributed by atoms with E-state index in [2.05, 4.69) is 9.97 Å². The van der Waals surface area contributed by atoms with E-state index in [1.807, 2.05) is 0 Å². The van der Waals surface area contributed by atoms with Crippen LogP contribution in [-0.4, -0.2) is 29.2 Å². The first-order valence-corrected chi connectivity index (χ1v) is 7.58. The number of aromatic nitrogens is 2. The molecular weight excluding hydrogens is 339 g/mol. The van der Waals surface area contributed by atoms with E-state index in [1.54, 1.807) is 42.7 Å². The van der Waals surface area contributed by atoms with Gasteiger partial charge in [-0.15, -0.1) is 0 Å². The zero-order valence-corrected chi connectivity index (χ0v) is 13.4. The molecule has 0 radical (unpaired) electrons. The monoisotopic (exact) mass is 350 g/mol. The van der Waals surface area contributed by atoms with Crippen molar-refractivity contribution in [3.63, 3.8) is 0 Å². The highest BCUT2D eigenvalue weighted by atomic mass is 35.5. The maximum Gasteiger partial charge on any atom is 0.339 e. The van der Waals surface area contributed by atoms with E-state index in [0.29, 0.717) is 27.0 Å². The summed E-state index contributed by atoms with van der Waals surface area (Å²) in [6.45, 7) is 0.292. The molecule has 0 aliphatic heterocycles. The van der Waals surface area contributed by atoms with Gasteiger partial charge in [0, 0.05) is 22.8 Å². The molecule has 2 aromatic heterocycles. The summed E-state index contributed by atoms with van der Waals surface area (Å²) in [5, 5.41) is 1.66. The van der Waals surface area contributed by atoms with Crippen molar-refractivity contribution in [2.45, 2.75) is 0 Å². The highest BCUT2D eigenvalue weighted by Gasteiger charge is 2.12. The average Bonchev–Trinajstić information content (AvgIpc) is 3.01. The number of hydrogen-bond acceptors (Lipinski definition) is 4. The van der Waals surface area contributed by atoms with Gasteiger partial charge in [0.05, 0.1) is 10.6 Å². The molecule has 0 atom stereocenters. The van der Waals surface area contributed by atoms with Crippen LogP contribution in [0.3, 0.4) is 0 Å². The summed E-state index contributed by atoms with van der Waals surface area (Å²) in [6.07, 6.45) is 3.28. The molecule has 5 nitrogen and oxygen atoms in total. The average molecular weight is 351 g/mol. The molecule has 23 heavy (non-hydrogen) atoms. The van der Waals surface area contributed by atoms with Crippen LogP contribution in [0.4, 0.5) is 0 Å². The molecule has 1 aromatic carbocycles. The van der Waals surface area contributed by atoms with Gasteiger partial charge in [-0.2, -0.15) is 0 Å². The van der Waals surface area contributed by atoms with Gasteiger partial charge in [0.1, 0.15) is 24.6 Å². The van der Waals surface area contributed by atoms with Crippen LogP contribution in [0.25, 0.3) is 11.0 Å². The lowest BCUT2D eigenvalue weighted by molar-refractivity contribution is 0.0453. The smallest absolute Gasteiger partial charge is 0.339 e. The minimum absolute atomic E-state index is 0.103. The van der Waals surface area contributed by atoms with Crippen LogP contribution in [0.5, 0.6) is 5.75 Å². The van der Waals surface area contributed by atoms with Crippen LogP contribution in [0.2, 0.25) is 10.0 Å². The summed E-state index contributed by atoms with van der Waals surface area (Å²) in [6, 6.07) is 8.33. The summed E-state index contributed by atoms with van der Waals surface area (Å²) in [4.78, 5) is 19.2. The van der Waals surface area contributed by atoms with E-state index in [9.17, 15) is 4.79 Å². The minimum Gasteiger partial charge on any atom is -0.488 e. The standard InChI is InChI=1S/C16H12Cl2N2O3/c17-10-1-2-14(13(18)9-10)22-7-8-23-16(21)12-4-6-20-15-11(12)3-5-19-15/h1-6,9H,7-8H2,(H,19,20). The second-order valence-corrected chi connectivity index (χ2v) is 5.50. The van der Waals surface area contributed by atoms with Gasteiger partial charge in [-0.1, -0.05) is 23.2 Å². The lowest BCUT2D eigenvalue weighted by atomic mass is 10.2. The predicted octanol–water partition coefficient (Wildman–Crippen LogP) is 4.11. The van der Waals surface area contributed by atoms with E-state index in [4.69, 9.17) is 32.7 Å². The van der Waals surface area contributed by atoms with Crippen molar-refractivity contribution >= 4 is 40.2 Å². The molecule has 7 heteroatoms. The Morgan fingerprint density at radius 1 is 1.17 bits per heavy atom. The first-order valence-electron chi connectivity index (χ1n) is 6.82. The second kappa shape index (κ2) is 6.89. The quantitative estimate of drug-likeness (QED) is 0.555. The molecule has 118 valence electrons. The summed E-state index contributed by atoms with van der Waals surface area (Å²) in [7, 11) is 0. The fourth-order valence-electron chi connectivity index (χ4n) is 2.09. The number of hydrogen-bond donors (Lipinski definition) is 1. The largest absolute Gasteiger partial charge is 0.488 e. The van der Waals surface area contributed by atoms with Gasteiger partial charge in [-0.05, 0) is 30.3 Å². The van der Waals surface area contributed by atoms with Crippen molar-refractivity contribution in [1.82, 2.24) is 9.97 Å². The highest BCUT2D eigenvalue weighted by molar-refractivity contribution is 6.35. The molecule has 0 unspecified atom stereocenters. The summed E-state index contributed by atoms with van der Waals surface area (Å²) in [5.74, 6) is 0.0619. The normalized spacial score (nSPS) is 10.7. The van der Waals surface area contributed by atoms with E-state index in [0.717, 1.165) is 5.39 Å². The van der Waals surface area contributed by atoms with Crippen molar-refractivity contribution in [2.75, 3.05) is 13.2 Å². The number of benzene rings is 1. The van der Waals surface area contributed by atoms with Crippen LogP contribution in [-0.2, 0) is 4.74 Å². The molecule has 2 heterocycles. The molecule has 0 aliphatic rings. The Morgan fingerprint density at radius 3 is 2.87 bits per heavy atom. The van der Waals surface area contributed by atoms with Crippen molar-refractivity contribution in [1.29, 1.82) is 0 Å². The van der Waals surface area contributed by atoms with Crippen LogP contribution >= 0.6 is 23.2 Å². The Labute approximate surface area is 142 Å². The molecule has 0 fully saturated rings. The zero-order chi connectivity index (χ0) is 16.2. The number of ether oxygens (including phenoxy) is 2. The number of rotatable bonds is 5. The molecule has 0 bridgehead atoms. The highest BCUT2D eigenvalue weighted by Crippen LogP contribution is 2.27. The van der Waals surface area contributed by atoms with Gasteiger partial charge in [-0.3, -0.25) is 0 Å². The van der Waals surface area contributed by atoms with Gasteiger partial charge in [0.15, 0.2) is 0 Å². The molecule has 0 spiro atoms. The summed E-state index contributed by atoms with van der Waals surface area (Å²) in [5.41, 5.74) is 1.10. The van der Waals surface area contributed by atoms with E-state index >= 15 is 0 Å². The predicted molar refractivity (Wildman–Crippen MR) is 88.3 cm³/mol. The first kappa shape index (κ1) is 15.6. The van der Waals surface area contributed by atoms with Gasteiger partial charge in [-0.25, -0.2) is 9.78 Å². The minimum atomic E-state index is -0.428. The fraction of sp³-hybridized carbons (Fsp3) is 0.125. The number of nitrogens with one attached hydrogen (secondary N) is 1. The Balaban J connectivity index is 1.56. The van der Waals surface area contributed by atoms with Gasteiger partial charge in [0.2, 0.25) is 0 Å². The molecule has 0 saturated carbocycles. The molecular formula is C16H12Cl2N2O3. The summed E-state index contributed by atoms with van der Waals surface area (Å²) >= 11 is 11.8. The number of esters is 1. The zero-order valence-electron chi connectivity index (χ0n) is 11.9. The number of fused-ring (bicyclic) bond motifs is 1. The Hall–Kier alpha value is -2.24. The maximum absolute atomic E-state index is 12.1. The molecule has 3 aromatic rings. The fourth-order valence-corrected chi connectivity index (χ4v) is 2.56. The Kier molecular flexibility index (Phi) is 4.69. The number of H-pyrrole nitrogens is 1. The molecule has 3 rings (SSSR count). The summed E-state index contributed by atoms with van der Waals surface area (Å²) < 4.78 is 10.7. The van der Waals surface area contributed by atoms with Crippen LogP contribution < -0.4 is 4.74 Å². The van der Waals surface area contributed by atoms with E-state index in [1.165, 1.54) is 0 Å². The van der Waals surface area contributed by atoms with Gasteiger partial charge < -0.3 is 14.5 Å². The number of halogens is 2. The molecule has 0 aliphatic carbocycles. The second-order valence-electron chi connectivity index (χ2n) is 4.66. The SMILES string of the molecule is O=C(OCCOc1ccc(Cl)cc1Cl)c1ccnc2[nH]ccc12. The first-order chi connectivity index (χ1) is 11.1. The van der Waals surface area contributed by atoms with Crippen LogP contribution in [0.15, 0.2) is 42.7 Å². The lowest BCUT2D eigenvalue weighted by Gasteiger charge is -2.09. The van der Waals surface area contributed by atoms with Crippen molar-refractivity contribution < 1.29 is 14.3 Å². The number of pyridine rings is 1. The Morgan fingerprint density at radius 2 is 2.04 bits per heavy atom.